The van der Waals surface area contributed by atoms with Gasteiger partial charge >= 0.3 is 7.60 Å². The summed E-state index contributed by atoms with van der Waals surface area (Å²) in [5.74, 6) is -0.347. The second kappa shape index (κ2) is 10.2. The lowest BCUT2D eigenvalue weighted by Gasteiger charge is -2.27. The molecule has 134 valence electrons. The smallest absolute Gasteiger partial charge is 0.340 e. The Morgan fingerprint density at radius 3 is 1.68 bits per heavy atom. The first kappa shape index (κ1) is 22.3. The van der Waals surface area contributed by atoms with E-state index < -0.39 is 15.0 Å². The van der Waals surface area contributed by atoms with E-state index in [4.69, 9.17) is 23.4 Å². The van der Waals surface area contributed by atoms with Crippen LogP contribution in [0.3, 0.4) is 0 Å². The van der Waals surface area contributed by atoms with Crippen molar-refractivity contribution < 1.29 is 32.5 Å². The number of rotatable bonds is 12. The maximum atomic E-state index is 12.9. The van der Waals surface area contributed by atoms with Crippen molar-refractivity contribution in [3.05, 3.63) is 0 Å². The maximum absolute atomic E-state index is 12.9. The van der Waals surface area contributed by atoms with Gasteiger partial charge in [0.25, 0.3) is 0 Å². The van der Waals surface area contributed by atoms with E-state index >= 15 is 0 Å². The van der Waals surface area contributed by atoms with Gasteiger partial charge in [-0.15, -0.1) is 0 Å². The molecule has 0 heterocycles. The molecule has 9 heteroatoms. The normalized spacial score (nSPS) is 15.7. The zero-order valence-corrected chi connectivity index (χ0v) is 16.1. The molecule has 0 aliphatic carbocycles. The Morgan fingerprint density at radius 1 is 0.864 bits per heavy atom. The van der Waals surface area contributed by atoms with Crippen LogP contribution in [0.5, 0.6) is 0 Å². The Balaban J connectivity index is 5.16. The van der Waals surface area contributed by atoms with Crippen molar-refractivity contribution in [3.8, 4) is 0 Å². The molecule has 1 unspecified atom stereocenters. The topological polar surface area (TPSA) is 91.3 Å². The Bertz CT molecular complexity index is 382. The molecule has 0 aromatic carbocycles. The summed E-state index contributed by atoms with van der Waals surface area (Å²) in [6, 6.07) is 0. The lowest BCUT2D eigenvalue weighted by molar-refractivity contribution is 0.110. The summed E-state index contributed by atoms with van der Waals surface area (Å²) in [5, 5.41) is 8.76. The van der Waals surface area contributed by atoms with Crippen molar-refractivity contribution in [1.82, 2.24) is 0 Å². The number of hydrogen-bond donors (Lipinski definition) is 1. The first-order valence-electron chi connectivity index (χ1n) is 7.43. The standard InChI is InChI=1S/C13H30O7P2/c1-11(2)18-21(15,9-17-8-7-14)10-22(16,19-12(3)4)20-13(5)6/h11-14H,7-10H2,1-6H3. The minimum Gasteiger partial charge on any atom is -0.394 e. The number of ether oxygens (including phenoxy) is 1. The highest BCUT2D eigenvalue weighted by atomic mass is 31.2. The van der Waals surface area contributed by atoms with Gasteiger partial charge in [0.05, 0.1) is 31.5 Å². The van der Waals surface area contributed by atoms with Crippen LogP contribution in [0.25, 0.3) is 0 Å². The summed E-state index contributed by atoms with van der Waals surface area (Å²) in [5.41, 5.74) is 0. The average molecular weight is 360 g/mol. The van der Waals surface area contributed by atoms with E-state index in [1.54, 1.807) is 41.5 Å². The Labute approximate surface area is 133 Å². The fourth-order valence-electron chi connectivity index (χ4n) is 1.75. The zero-order valence-electron chi connectivity index (χ0n) is 14.4. The van der Waals surface area contributed by atoms with Crippen LogP contribution in [0.2, 0.25) is 0 Å². The first-order valence-corrected chi connectivity index (χ1v) is 11.1. The van der Waals surface area contributed by atoms with E-state index in [1.165, 1.54) is 0 Å². The quantitative estimate of drug-likeness (QED) is 0.419. The third kappa shape index (κ3) is 10.1. The molecule has 0 saturated carbocycles. The average Bonchev–Trinajstić information content (AvgIpc) is 2.23. The molecule has 0 amide bonds. The lowest BCUT2D eigenvalue weighted by atomic mass is 10.5. The van der Waals surface area contributed by atoms with Crippen LogP contribution in [-0.2, 0) is 27.4 Å². The van der Waals surface area contributed by atoms with E-state index in [0.29, 0.717) is 0 Å². The molecule has 0 radical (unpaired) electrons. The first-order chi connectivity index (χ1) is 10.0. The fraction of sp³-hybridized carbons (Fsp3) is 1.00. The summed E-state index contributed by atoms with van der Waals surface area (Å²) < 4.78 is 47.2. The van der Waals surface area contributed by atoms with Crippen LogP contribution >= 0.6 is 15.0 Å². The predicted molar refractivity (Wildman–Crippen MR) is 86.6 cm³/mol. The number of hydrogen-bond acceptors (Lipinski definition) is 7. The number of aliphatic hydroxyl groups is 1. The van der Waals surface area contributed by atoms with Gasteiger partial charge in [0.15, 0.2) is 0 Å². The Morgan fingerprint density at radius 2 is 1.32 bits per heavy atom. The van der Waals surface area contributed by atoms with E-state index in [-0.39, 0.29) is 43.8 Å². The lowest BCUT2D eigenvalue weighted by Crippen LogP contribution is -2.15. The molecular formula is C13H30O7P2. The third-order valence-electron chi connectivity index (χ3n) is 2.06. The van der Waals surface area contributed by atoms with Crippen molar-refractivity contribution in [2.75, 3.05) is 25.5 Å². The largest absolute Gasteiger partial charge is 0.394 e. The van der Waals surface area contributed by atoms with Crippen LogP contribution in [0.4, 0.5) is 0 Å². The van der Waals surface area contributed by atoms with Gasteiger partial charge in [-0.2, -0.15) is 0 Å². The molecule has 0 aliphatic rings. The molecule has 0 rings (SSSR count). The van der Waals surface area contributed by atoms with E-state index in [9.17, 15) is 9.13 Å². The Hall–Kier alpha value is 0.260. The molecule has 7 nitrogen and oxygen atoms in total. The number of aliphatic hydroxyl groups excluding tert-OH is 1. The van der Waals surface area contributed by atoms with Crippen molar-refractivity contribution in [2.24, 2.45) is 0 Å². The van der Waals surface area contributed by atoms with Gasteiger partial charge in [0, 0.05) is 0 Å². The molecule has 22 heavy (non-hydrogen) atoms. The molecule has 1 N–H and O–H groups in total. The van der Waals surface area contributed by atoms with E-state index in [0.717, 1.165) is 0 Å². The molecule has 0 aromatic rings. The van der Waals surface area contributed by atoms with Gasteiger partial charge in [0.1, 0.15) is 12.3 Å². The minimum atomic E-state index is -3.59. The van der Waals surface area contributed by atoms with Crippen LogP contribution in [-0.4, -0.2) is 48.9 Å². The van der Waals surface area contributed by atoms with E-state index in [2.05, 4.69) is 0 Å². The van der Waals surface area contributed by atoms with Crippen LogP contribution in [0, 0.1) is 0 Å². The predicted octanol–water partition coefficient (Wildman–Crippen LogP) is 3.66. The highest BCUT2D eigenvalue weighted by Gasteiger charge is 2.39. The zero-order chi connectivity index (χ0) is 17.4. The van der Waals surface area contributed by atoms with Crippen molar-refractivity contribution in [3.63, 3.8) is 0 Å². The van der Waals surface area contributed by atoms with Crippen molar-refractivity contribution in [2.45, 2.75) is 59.9 Å². The van der Waals surface area contributed by atoms with Crippen molar-refractivity contribution >= 4 is 15.0 Å². The summed E-state index contributed by atoms with van der Waals surface area (Å²) in [4.78, 5) is 0. The second-order valence-electron chi connectivity index (χ2n) is 5.79. The molecule has 0 saturated heterocycles. The second-order valence-corrected chi connectivity index (χ2v) is 10.7. The summed E-state index contributed by atoms with van der Waals surface area (Å²) in [6.45, 7) is 10.2. The Kier molecular flexibility index (Phi) is 10.3. The summed E-state index contributed by atoms with van der Waals surface area (Å²) in [7, 11) is -6.97. The van der Waals surface area contributed by atoms with Gasteiger partial charge in [-0.25, -0.2) is 0 Å². The molecule has 0 fully saturated rings. The van der Waals surface area contributed by atoms with E-state index in [1.807, 2.05) is 0 Å². The minimum absolute atomic E-state index is 0.0336. The van der Waals surface area contributed by atoms with Gasteiger partial charge < -0.3 is 23.4 Å². The van der Waals surface area contributed by atoms with Gasteiger partial charge in [0.2, 0.25) is 7.37 Å². The highest BCUT2D eigenvalue weighted by molar-refractivity contribution is 7.73. The third-order valence-corrected chi connectivity index (χ3v) is 8.03. The molecule has 0 aliphatic heterocycles. The molecular weight excluding hydrogens is 330 g/mol. The molecule has 0 bridgehead atoms. The fourth-order valence-corrected chi connectivity index (χ4v) is 7.56. The maximum Gasteiger partial charge on any atom is 0.340 e. The van der Waals surface area contributed by atoms with Gasteiger partial charge in [-0.3, -0.25) is 9.13 Å². The van der Waals surface area contributed by atoms with Crippen molar-refractivity contribution in [1.29, 1.82) is 0 Å². The van der Waals surface area contributed by atoms with Crippen LogP contribution in [0.1, 0.15) is 41.5 Å². The summed E-state index contributed by atoms with van der Waals surface area (Å²) >= 11 is 0. The SMILES string of the molecule is CC(C)OP(=O)(COCCO)CP(=O)(OC(C)C)OC(C)C. The molecule has 0 spiro atoms. The summed E-state index contributed by atoms with van der Waals surface area (Å²) in [6.07, 6.45) is -1.24. The highest BCUT2D eigenvalue weighted by Crippen LogP contribution is 2.64. The van der Waals surface area contributed by atoms with Gasteiger partial charge in [-0.1, -0.05) is 0 Å². The monoisotopic (exact) mass is 360 g/mol. The van der Waals surface area contributed by atoms with Gasteiger partial charge in [-0.05, 0) is 41.5 Å². The van der Waals surface area contributed by atoms with Crippen LogP contribution < -0.4 is 0 Å². The molecule has 1 atom stereocenters. The van der Waals surface area contributed by atoms with Crippen LogP contribution in [0.15, 0.2) is 0 Å². The molecule has 0 aromatic heterocycles.